The van der Waals surface area contributed by atoms with Crippen LogP contribution in [0, 0.1) is 20.8 Å². The Kier molecular flexibility index (Phi) is 6.09. The third-order valence-corrected chi connectivity index (χ3v) is 5.87. The van der Waals surface area contributed by atoms with Crippen molar-refractivity contribution in [3.8, 4) is 0 Å². The number of hydrazine groups is 1. The normalized spacial score (nSPS) is 24.8. The summed E-state index contributed by atoms with van der Waals surface area (Å²) in [4.78, 5) is 0. The van der Waals surface area contributed by atoms with E-state index in [1.807, 2.05) is 0 Å². The van der Waals surface area contributed by atoms with Gasteiger partial charge in [-0.1, -0.05) is 32.9 Å². The van der Waals surface area contributed by atoms with Gasteiger partial charge in [-0.05, 0) is 89.6 Å². The van der Waals surface area contributed by atoms with E-state index in [2.05, 4.69) is 73.1 Å². The Morgan fingerprint density at radius 2 is 1.71 bits per heavy atom. The maximum atomic E-state index is 5.85. The Morgan fingerprint density at radius 1 is 1.14 bits per heavy atom. The summed E-state index contributed by atoms with van der Waals surface area (Å²) in [5.41, 5.74) is 4.92. The Balaban J connectivity index is 1.92. The van der Waals surface area contributed by atoms with E-state index in [1.54, 1.807) is 0 Å². The van der Waals surface area contributed by atoms with Crippen LogP contribution in [-0.2, 0) is 6.42 Å². The summed E-state index contributed by atoms with van der Waals surface area (Å²) in [5.74, 6) is 7.43. The van der Waals surface area contributed by atoms with Crippen LogP contribution in [-0.4, -0.2) is 6.04 Å². The van der Waals surface area contributed by atoms with Crippen molar-refractivity contribution in [1.29, 1.82) is 0 Å². The standard InChI is InChI=1S/C18H29IN2/c1-18(2,3)15-8-6-14(7-9-15)17(21-20)12-13-4-10-16(19)11-5-13/h4-5,10-11,14-15,17,21H,6-9,12,20H2,1-3H3. The number of hydrogen-bond donors (Lipinski definition) is 2. The summed E-state index contributed by atoms with van der Waals surface area (Å²) < 4.78 is 1.29. The van der Waals surface area contributed by atoms with Crippen molar-refractivity contribution in [1.82, 2.24) is 5.43 Å². The smallest absolute Gasteiger partial charge is 0.0279 e. The van der Waals surface area contributed by atoms with E-state index in [9.17, 15) is 0 Å². The van der Waals surface area contributed by atoms with Gasteiger partial charge in [0.25, 0.3) is 0 Å². The van der Waals surface area contributed by atoms with E-state index in [0.29, 0.717) is 17.4 Å². The molecule has 118 valence electrons. The van der Waals surface area contributed by atoms with Gasteiger partial charge in [-0.3, -0.25) is 11.3 Å². The highest BCUT2D eigenvalue weighted by atomic mass is 127. The minimum atomic E-state index is 0.408. The topological polar surface area (TPSA) is 38.0 Å². The van der Waals surface area contributed by atoms with Crippen molar-refractivity contribution in [3.63, 3.8) is 0 Å². The summed E-state index contributed by atoms with van der Waals surface area (Å²) in [6, 6.07) is 9.23. The predicted molar refractivity (Wildman–Crippen MR) is 98.9 cm³/mol. The highest BCUT2D eigenvalue weighted by molar-refractivity contribution is 14.1. The Hall–Kier alpha value is -0.130. The molecule has 1 aromatic carbocycles. The third-order valence-electron chi connectivity index (χ3n) is 5.15. The van der Waals surface area contributed by atoms with E-state index in [1.165, 1.54) is 34.8 Å². The minimum absolute atomic E-state index is 0.408. The molecule has 1 unspecified atom stereocenters. The number of hydrogen-bond acceptors (Lipinski definition) is 2. The second-order valence-electron chi connectivity index (χ2n) is 7.58. The van der Waals surface area contributed by atoms with Crippen LogP contribution in [0.2, 0.25) is 0 Å². The molecule has 0 heterocycles. The predicted octanol–water partition coefficient (Wildman–Crippen LogP) is 4.52. The monoisotopic (exact) mass is 400 g/mol. The molecule has 3 N–H and O–H groups in total. The molecular formula is C18H29IN2. The van der Waals surface area contributed by atoms with Gasteiger partial charge in [0.15, 0.2) is 0 Å². The summed E-state index contributed by atoms with van der Waals surface area (Å²) in [5, 5.41) is 0. The third kappa shape index (κ3) is 4.93. The fourth-order valence-electron chi connectivity index (χ4n) is 3.62. The molecule has 2 nitrogen and oxygen atoms in total. The Bertz CT molecular complexity index is 428. The van der Waals surface area contributed by atoms with Crippen molar-refractivity contribution < 1.29 is 0 Å². The molecule has 1 aromatic rings. The van der Waals surface area contributed by atoms with E-state index in [0.717, 1.165) is 12.3 Å². The average Bonchev–Trinajstić information content (AvgIpc) is 2.46. The van der Waals surface area contributed by atoms with Crippen LogP contribution in [0.25, 0.3) is 0 Å². The van der Waals surface area contributed by atoms with Crippen molar-refractivity contribution in [3.05, 3.63) is 33.4 Å². The molecule has 0 spiro atoms. The van der Waals surface area contributed by atoms with E-state index in [-0.39, 0.29) is 0 Å². The molecule has 1 aliphatic rings. The minimum Gasteiger partial charge on any atom is -0.271 e. The van der Waals surface area contributed by atoms with Crippen LogP contribution in [0.3, 0.4) is 0 Å². The first-order chi connectivity index (χ1) is 9.90. The molecule has 1 aliphatic carbocycles. The highest BCUT2D eigenvalue weighted by Gasteiger charge is 2.32. The molecule has 0 aromatic heterocycles. The molecule has 1 saturated carbocycles. The van der Waals surface area contributed by atoms with Gasteiger partial charge in [0, 0.05) is 9.61 Å². The lowest BCUT2D eigenvalue weighted by atomic mass is 9.68. The van der Waals surface area contributed by atoms with Gasteiger partial charge in [-0.25, -0.2) is 0 Å². The first-order valence-electron chi connectivity index (χ1n) is 8.10. The van der Waals surface area contributed by atoms with Gasteiger partial charge >= 0.3 is 0 Å². The first-order valence-corrected chi connectivity index (χ1v) is 9.18. The number of halogens is 1. The van der Waals surface area contributed by atoms with Gasteiger partial charge in [0.1, 0.15) is 0 Å². The molecule has 0 radical (unpaired) electrons. The van der Waals surface area contributed by atoms with Crippen LogP contribution in [0.4, 0.5) is 0 Å². The fraction of sp³-hybridized carbons (Fsp3) is 0.667. The molecule has 0 bridgehead atoms. The number of benzene rings is 1. The summed E-state index contributed by atoms with van der Waals surface area (Å²) in [6.45, 7) is 7.13. The van der Waals surface area contributed by atoms with Crippen LogP contribution in [0.15, 0.2) is 24.3 Å². The van der Waals surface area contributed by atoms with Crippen molar-refractivity contribution in [2.24, 2.45) is 23.1 Å². The Morgan fingerprint density at radius 3 is 2.19 bits per heavy atom. The zero-order valence-electron chi connectivity index (χ0n) is 13.5. The quantitative estimate of drug-likeness (QED) is 0.443. The van der Waals surface area contributed by atoms with Gasteiger partial charge < -0.3 is 0 Å². The molecule has 2 rings (SSSR count). The summed E-state index contributed by atoms with van der Waals surface area (Å²) in [6.07, 6.45) is 6.35. The molecule has 0 aliphatic heterocycles. The number of rotatable bonds is 4. The number of nitrogens with two attached hydrogens (primary N) is 1. The summed E-state index contributed by atoms with van der Waals surface area (Å²) >= 11 is 2.35. The zero-order chi connectivity index (χ0) is 15.5. The van der Waals surface area contributed by atoms with Crippen LogP contribution < -0.4 is 11.3 Å². The van der Waals surface area contributed by atoms with Gasteiger partial charge in [0.2, 0.25) is 0 Å². The van der Waals surface area contributed by atoms with E-state index < -0.39 is 0 Å². The lowest BCUT2D eigenvalue weighted by Crippen LogP contribution is -2.44. The maximum Gasteiger partial charge on any atom is 0.0279 e. The highest BCUT2D eigenvalue weighted by Crippen LogP contribution is 2.40. The average molecular weight is 400 g/mol. The van der Waals surface area contributed by atoms with Gasteiger partial charge in [0.05, 0.1) is 0 Å². The molecule has 0 saturated heterocycles. The second kappa shape index (κ2) is 7.42. The Labute approximate surface area is 143 Å². The van der Waals surface area contributed by atoms with Crippen molar-refractivity contribution in [2.75, 3.05) is 0 Å². The molecule has 0 amide bonds. The van der Waals surface area contributed by atoms with E-state index >= 15 is 0 Å². The largest absolute Gasteiger partial charge is 0.271 e. The molecule has 21 heavy (non-hydrogen) atoms. The molecular weight excluding hydrogens is 371 g/mol. The maximum absolute atomic E-state index is 5.85. The van der Waals surface area contributed by atoms with Crippen molar-refractivity contribution >= 4 is 22.6 Å². The van der Waals surface area contributed by atoms with Crippen LogP contribution in [0.5, 0.6) is 0 Å². The lowest BCUT2D eigenvalue weighted by molar-refractivity contribution is 0.132. The summed E-state index contributed by atoms with van der Waals surface area (Å²) in [7, 11) is 0. The molecule has 3 heteroatoms. The van der Waals surface area contributed by atoms with Crippen LogP contribution in [0.1, 0.15) is 52.0 Å². The van der Waals surface area contributed by atoms with Gasteiger partial charge in [-0.15, -0.1) is 0 Å². The van der Waals surface area contributed by atoms with E-state index in [4.69, 9.17) is 5.84 Å². The fourth-order valence-corrected chi connectivity index (χ4v) is 3.98. The second-order valence-corrected chi connectivity index (χ2v) is 8.83. The molecule has 1 fully saturated rings. The van der Waals surface area contributed by atoms with Gasteiger partial charge in [-0.2, -0.15) is 0 Å². The number of nitrogens with one attached hydrogen (secondary N) is 1. The first kappa shape index (κ1) is 17.2. The zero-order valence-corrected chi connectivity index (χ0v) is 15.7. The lowest BCUT2D eigenvalue weighted by Gasteiger charge is -2.39. The SMILES string of the molecule is CC(C)(C)C1CCC(C(Cc2ccc(I)cc2)NN)CC1. The molecule has 1 atom stereocenters. The van der Waals surface area contributed by atoms with Crippen molar-refractivity contribution in [2.45, 2.75) is 58.9 Å². The van der Waals surface area contributed by atoms with Crippen LogP contribution >= 0.6 is 22.6 Å².